The lowest BCUT2D eigenvalue weighted by Crippen LogP contribution is -2.18. The van der Waals surface area contributed by atoms with Gasteiger partial charge in [0.15, 0.2) is 0 Å². The summed E-state index contributed by atoms with van der Waals surface area (Å²) in [7, 11) is 0. The molecule has 0 aliphatic rings. The van der Waals surface area contributed by atoms with Crippen molar-refractivity contribution in [2.24, 2.45) is 5.73 Å². The summed E-state index contributed by atoms with van der Waals surface area (Å²) in [5, 5.41) is 0. The standard InChI is InChI=1S/C12H13N3O/c1-8-10(7-13)14-12(16)15-11(8)9-5-3-2-4-6-9/h2-6H,7,13H2,1H3,(H,14,15,16). The molecule has 0 radical (unpaired) electrons. The topological polar surface area (TPSA) is 71.8 Å². The van der Waals surface area contributed by atoms with Gasteiger partial charge in [-0.2, -0.15) is 4.98 Å². The lowest BCUT2D eigenvalue weighted by atomic mass is 10.1. The van der Waals surface area contributed by atoms with Crippen LogP contribution in [0.15, 0.2) is 35.1 Å². The second kappa shape index (κ2) is 4.28. The fourth-order valence-corrected chi connectivity index (χ4v) is 1.66. The van der Waals surface area contributed by atoms with Crippen LogP contribution in [0.4, 0.5) is 0 Å². The molecule has 1 heterocycles. The van der Waals surface area contributed by atoms with Gasteiger partial charge in [0.1, 0.15) is 0 Å². The first-order valence-electron chi connectivity index (χ1n) is 5.07. The number of aromatic amines is 1. The van der Waals surface area contributed by atoms with Crippen molar-refractivity contribution < 1.29 is 0 Å². The summed E-state index contributed by atoms with van der Waals surface area (Å²) in [6.45, 7) is 2.22. The van der Waals surface area contributed by atoms with Crippen LogP contribution in [0.2, 0.25) is 0 Å². The van der Waals surface area contributed by atoms with Crippen molar-refractivity contribution in [2.45, 2.75) is 13.5 Å². The number of H-pyrrole nitrogens is 1. The van der Waals surface area contributed by atoms with E-state index in [0.717, 1.165) is 16.8 Å². The Labute approximate surface area is 93.2 Å². The highest BCUT2D eigenvalue weighted by atomic mass is 16.1. The van der Waals surface area contributed by atoms with Crippen LogP contribution in [0.5, 0.6) is 0 Å². The van der Waals surface area contributed by atoms with E-state index in [2.05, 4.69) is 9.97 Å². The molecule has 2 rings (SSSR count). The van der Waals surface area contributed by atoms with E-state index in [-0.39, 0.29) is 5.69 Å². The maximum atomic E-state index is 11.4. The summed E-state index contributed by atoms with van der Waals surface area (Å²) >= 11 is 0. The maximum absolute atomic E-state index is 11.4. The first-order chi connectivity index (χ1) is 7.72. The van der Waals surface area contributed by atoms with E-state index in [1.807, 2.05) is 37.3 Å². The largest absolute Gasteiger partial charge is 0.345 e. The van der Waals surface area contributed by atoms with Crippen LogP contribution >= 0.6 is 0 Å². The molecule has 1 aromatic heterocycles. The molecule has 82 valence electrons. The highest BCUT2D eigenvalue weighted by Gasteiger charge is 2.08. The number of nitrogens with one attached hydrogen (secondary N) is 1. The maximum Gasteiger partial charge on any atom is 0.345 e. The zero-order chi connectivity index (χ0) is 11.5. The minimum absolute atomic E-state index is 0.309. The zero-order valence-electron chi connectivity index (χ0n) is 9.03. The van der Waals surface area contributed by atoms with Gasteiger partial charge in [-0.1, -0.05) is 30.3 Å². The normalized spacial score (nSPS) is 10.4. The molecular weight excluding hydrogens is 202 g/mol. The molecule has 0 aliphatic carbocycles. The van der Waals surface area contributed by atoms with Crippen LogP contribution < -0.4 is 11.4 Å². The number of rotatable bonds is 2. The summed E-state index contributed by atoms with van der Waals surface area (Å²) in [6, 6.07) is 9.61. The third-order valence-electron chi connectivity index (χ3n) is 2.53. The molecule has 0 amide bonds. The van der Waals surface area contributed by atoms with Gasteiger partial charge in [-0.05, 0) is 12.5 Å². The summed E-state index contributed by atoms with van der Waals surface area (Å²) in [6.07, 6.45) is 0. The number of hydrogen-bond donors (Lipinski definition) is 2. The van der Waals surface area contributed by atoms with Crippen molar-refractivity contribution >= 4 is 0 Å². The molecule has 0 bridgehead atoms. The van der Waals surface area contributed by atoms with Crippen LogP contribution in [0.25, 0.3) is 11.3 Å². The van der Waals surface area contributed by atoms with Crippen LogP contribution in [0, 0.1) is 6.92 Å². The second-order valence-electron chi connectivity index (χ2n) is 3.56. The van der Waals surface area contributed by atoms with Crippen molar-refractivity contribution in [2.75, 3.05) is 0 Å². The molecule has 0 atom stereocenters. The molecule has 0 spiro atoms. The minimum atomic E-state index is -0.357. The average molecular weight is 215 g/mol. The zero-order valence-corrected chi connectivity index (χ0v) is 9.03. The first-order valence-corrected chi connectivity index (χ1v) is 5.07. The lowest BCUT2D eigenvalue weighted by Gasteiger charge is -2.08. The molecule has 0 aliphatic heterocycles. The van der Waals surface area contributed by atoms with E-state index in [1.165, 1.54) is 0 Å². The third-order valence-corrected chi connectivity index (χ3v) is 2.53. The van der Waals surface area contributed by atoms with Gasteiger partial charge < -0.3 is 10.7 Å². The Kier molecular flexibility index (Phi) is 2.83. The van der Waals surface area contributed by atoms with Crippen molar-refractivity contribution in [3.63, 3.8) is 0 Å². The summed E-state index contributed by atoms with van der Waals surface area (Å²) < 4.78 is 0. The highest BCUT2D eigenvalue weighted by Crippen LogP contribution is 2.20. The predicted molar refractivity (Wildman–Crippen MR) is 62.9 cm³/mol. The van der Waals surface area contributed by atoms with Gasteiger partial charge in [-0.25, -0.2) is 4.79 Å². The van der Waals surface area contributed by atoms with Gasteiger partial charge in [0.05, 0.1) is 5.69 Å². The lowest BCUT2D eigenvalue weighted by molar-refractivity contribution is 0.913. The van der Waals surface area contributed by atoms with Crippen LogP contribution in [-0.2, 0) is 6.54 Å². The third kappa shape index (κ3) is 1.87. The number of aromatic nitrogens is 2. The van der Waals surface area contributed by atoms with Crippen LogP contribution in [0.3, 0.4) is 0 Å². The first kappa shape index (κ1) is 10.6. The average Bonchev–Trinajstić information content (AvgIpc) is 2.33. The van der Waals surface area contributed by atoms with E-state index in [0.29, 0.717) is 12.2 Å². The number of nitrogens with two attached hydrogens (primary N) is 1. The predicted octanol–water partition coefficient (Wildman–Crippen LogP) is 1.20. The van der Waals surface area contributed by atoms with E-state index in [4.69, 9.17) is 5.73 Å². The van der Waals surface area contributed by atoms with Crippen LogP contribution in [0.1, 0.15) is 11.3 Å². The minimum Gasteiger partial charge on any atom is -0.325 e. The molecule has 16 heavy (non-hydrogen) atoms. The Morgan fingerprint density at radius 3 is 2.62 bits per heavy atom. The van der Waals surface area contributed by atoms with Crippen molar-refractivity contribution in [1.82, 2.24) is 9.97 Å². The fraction of sp³-hybridized carbons (Fsp3) is 0.167. The van der Waals surface area contributed by atoms with Crippen LogP contribution in [-0.4, -0.2) is 9.97 Å². The Bertz CT molecular complexity index is 546. The molecule has 0 fully saturated rings. The molecule has 1 aromatic carbocycles. The summed E-state index contributed by atoms with van der Waals surface area (Å²) in [5.74, 6) is 0. The second-order valence-corrected chi connectivity index (χ2v) is 3.56. The van der Waals surface area contributed by atoms with Crippen molar-refractivity contribution in [3.05, 3.63) is 52.1 Å². The number of benzene rings is 1. The summed E-state index contributed by atoms with van der Waals surface area (Å²) in [5.41, 5.74) is 8.50. The quantitative estimate of drug-likeness (QED) is 0.790. The van der Waals surface area contributed by atoms with E-state index in [1.54, 1.807) is 0 Å². The molecule has 2 aromatic rings. The fourth-order valence-electron chi connectivity index (χ4n) is 1.66. The number of nitrogens with zero attached hydrogens (tertiary/aromatic N) is 1. The SMILES string of the molecule is Cc1c(-c2ccccc2)nc(=O)[nH]c1CN. The van der Waals surface area contributed by atoms with E-state index >= 15 is 0 Å². The molecule has 3 N–H and O–H groups in total. The van der Waals surface area contributed by atoms with Crippen molar-refractivity contribution in [1.29, 1.82) is 0 Å². The molecule has 4 heteroatoms. The van der Waals surface area contributed by atoms with Gasteiger partial charge in [-0.3, -0.25) is 0 Å². The van der Waals surface area contributed by atoms with Gasteiger partial charge in [0.25, 0.3) is 0 Å². The van der Waals surface area contributed by atoms with Gasteiger partial charge in [0.2, 0.25) is 0 Å². The molecule has 0 saturated carbocycles. The van der Waals surface area contributed by atoms with Gasteiger partial charge in [0, 0.05) is 17.8 Å². The highest BCUT2D eigenvalue weighted by molar-refractivity contribution is 5.62. The Morgan fingerprint density at radius 1 is 1.31 bits per heavy atom. The molecule has 4 nitrogen and oxygen atoms in total. The smallest absolute Gasteiger partial charge is 0.325 e. The van der Waals surface area contributed by atoms with Gasteiger partial charge >= 0.3 is 5.69 Å². The Balaban J connectivity index is 2.66. The Hall–Kier alpha value is -1.94. The molecular formula is C12H13N3O. The van der Waals surface area contributed by atoms with E-state index < -0.39 is 0 Å². The molecule has 0 saturated heterocycles. The van der Waals surface area contributed by atoms with Crippen molar-refractivity contribution in [3.8, 4) is 11.3 Å². The van der Waals surface area contributed by atoms with Gasteiger partial charge in [-0.15, -0.1) is 0 Å². The summed E-state index contributed by atoms with van der Waals surface area (Å²) in [4.78, 5) is 18.0. The monoisotopic (exact) mass is 215 g/mol. The van der Waals surface area contributed by atoms with E-state index in [9.17, 15) is 4.79 Å². The Morgan fingerprint density at radius 2 is 2.00 bits per heavy atom. The number of hydrogen-bond acceptors (Lipinski definition) is 3. The molecule has 0 unspecified atom stereocenters.